The molecule has 0 fully saturated rings. The molecule has 0 saturated carbocycles. The minimum absolute atomic E-state index is 0.224. The van der Waals surface area contributed by atoms with Gasteiger partial charge in [0.2, 0.25) is 0 Å². The molecule has 1 unspecified atom stereocenters. The van der Waals surface area contributed by atoms with Crippen LogP contribution in [0, 0.1) is 0 Å². The van der Waals surface area contributed by atoms with Gasteiger partial charge in [0.05, 0.1) is 6.10 Å². The SMILES string of the molecule is CCCC(/C=C(\C)CCO)OC. The Morgan fingerprint density at radius 2 is 2.25 bits per heavy atom. The van der Waals surface area contributed by atoms with Crippen LogP contribution in [-0.2, 0) is 4.74 Å². The topological polar surface area (TPSA) is 29.5 Å². The van der Waals surface area contributed by atoms with E-state index in [0.717, 1.165) is 19.3 Å². The van der Waals surface area contributed by atoms with Crippen molar-refractivity contribution in [3.8, 4) is 0 Å². The average Bonchev–Trinajstić information content (AvgIpc) is 2.04. The lowest BCUT2D eigenvalue weighted by atomic mass is 10.1. The summed E-state index contributed by atoms with van der Waals surface area (Å²) in [6, 6.07) is 0. The van der Waals surface area contributed by atoms with Gasteiger partial charge in [-0.05, 0) is 19.8 Å². The van der Waals surface area contributed by atoms with Crippen LogP contribution in [0.3, 0.4) is 0 Å². The Bertz CT molecular complexity index is 130. The van der Waals surface area contributed by atoms with Gasteiger partial charge in [-0.2, -0.15) is 0 Å². The normalized spacial score (nSPS) is 14.8. The van der Waals surface area contributed by atoms with E-state index in [4.69, 9.17) is 9.84 Å². The monoisotopic (exact) mass is 172 g/mol. The van der Waals surface area contributed by atoms with Crippen molar-refractivity contribution < 1.29 is 9.84 Å². The molecule has 0 radical (unpaired) electrons. The molecule has 12 heavy (non-hydrogen) atoms. The summed E-state index contributed by atoms with van der Waals surface area (Å²) in [6.45, 7) is 4.39. The van der Waals surface area contributed by atoms with Gasteiger partial charge in [-0.15, -0.1) is 0 Å². The summed E-state index contributed by atoms with van der Waals surface area (Å²) in [5, 5.41) is 8.67. The molecule has 0 aliphatic rings. The fourth-order valence-corrected chi connectivity index (χ4v) is 1.13. The molecule has 0 bridgehead atoms. The molecule has 0 rings (SSSR count). The van der Waals surface area contributed by atoms with Crippen LogP contribution in [0.1, 0.15) is 33.1 Å². The third-order valence-corrected chi connectivity index (χ3v) is 1.85. The predicted molar refractivity (Wildman–Crippen MR) is 51.2 cm³/mol. The van der Waals surface area contributed by atoms with Crippen LogP contribution in [0.15, 0.2) is 11.6 Å². The molecule has 1 N–H and O–H groups in total. The minimum Gasteiger partial charge on any atom is -0.396 e. The number of aliphatic hydroxyl groups is 1. The lowest BCUT2D eigenvalue weighted by Crippen LogP contribution is -2.07. The highest BCUT2D eigenvalue weighted by Crippen LogP contribution is 2.07. The van der Waals surface area contributed by atoms with Crippen molar-refractivity contribution in [1.82, 2.24) is 0 Å². The highest BCUT2D eigenvalue weighted by Gasteiger charge is 2.01. The number of aliphatic hydroxyl groups excluding tert-OH is 1. The molecule has 1 atom stereocenters. The zero-order chi connectivity index (χ0) is 9.40. The largest absolute Gasteiger partial charge is 0.396 e. The van der Waals surface area contributed by atoms with Gasteiger partial charge in [-0.25, -0.2) is 0 Å². The summed E-state index contributed by atoms with van der Waals surface area (Å²) in [5.41, 5.74) is 1.21. The van der Waals surface area contributed by atoms with Crippen molar-refractivity contribution in [2.45, 2.75) is 39.2 Å². The first-order valence-electron chi connectivity index (χ1n) is 4.55. The lowest BCUT2D eigenvalue weighted by Gasteiger charge is -2.10. The van der Waals surface area contributed by atoms with Crippen LogP contribution < -0.4 is 0 Å². The molecule has 0 saturated heterocycles. The van der Waals surface area contributed by atoms with E-state index in [2.05, 4.69) is 13.0 Å². The molecule has 0 aliphatic heterocycles. The number of rotatable bonds is 6. The van der Waals surface area contributed by atoms with Crippen molar-refractivity contribution in [3.63, 3.8) is 0 Å². The Kier molecular flexibility index (Phi) is 7.11. The molecule has 2 nitrogen and oxygen atoms in total. The number of ether oxygens (including phenoxy) is 1. The van der Waals surface area contributed by atoms with E-state index in [1.54, 1.807) is 7.11 Å². The number of hydrogen-bond acceptors (Lipinski definition) is 2. The van der Waals surface area contributed by atoms with Gasteiger partial charge < -0.3 is 9.84 Å². The molecular weight excluding hydrogens is 152 g/mol. The number of hydrogen-bond donors (Lipinski definition) is 1. The number of methoxy groups -OCH3 is 1. The molecule has 0 aliphatic carbocycles. The van der Waals surface area contributed by atoms with Gasteiger partial charge in [0.15, 0.2) is 0 Å². The van der Waals surface area contributed by atoms with E-state index >= 15 is 0 Å². The second-order valence-corrected chi connectivity index (χ2v) is 3.05. The molecule has 0 aromatic rings. The fourth-order valence-electron chi connectivity index (χ4n) is 1.13. The van der Waals surface area contributed by atoms with Crippen molar-refractivity contribution in [2.24, 2.45) is 0 Å². The standard InChI is InChI=1S/C10H20O2/c1-4-5-10(12-3)8-9(2)6-7-11/h8,10-11H,4-7H2,1-3H3/b9-8+. The highest BCUT2D eigenvalue weighted by atomic mass is 16.5. The third-order valence-electron chi connectivity index (χ3n) is 1.85. The van der Waals surface area contributed by atoms with Gasteiger partial charge in [-0.1, -0.05) is 25.0 Å². The molecule has 0 aromatic carbocycles. The molecule has 0 aromatic heterocycles. The second kappa shape index (κ2) is 7.32. The van der Waals surface area contributed by atoms with E-state index in [-0.39, 0.29) is 12.7 Å². The lowest BCUT2D eigenvalue weighted by molar-refractivity contribution is 0.132. The molecule has 0 amide bonds. The summed E-state index contributed by atoms with van der Waals surface area (Å²) < 4.78 is 5.25. The van der Waals surface area contributed by atoms with Gasteiger partial charge in [0, 0.05) is 13.7 Å². The van der Waals surface area contributed by atoms with Crippen LogP contribution in [0.25, 0.3) is 0 Å². The maximum Gasteiger partial charge on any atom is 0.0754 e. The quantitative estimate of drug-likeness (QED) is 0.622. The predicted octanol–water partition coefficient (Wildman–Crippen LogP) is 2.13. The Balaban J connectivity index is 3.87. The van der Waals surface area contributed by atoms with E-state index < -0.39 is 0 Å². The van der Waals surface area contributed by atoms with Gasteiger partial charge in [0.1, 0.15) is 0 Å². The average molecular weight is 172 g/mol. The zero-order valence-corrected chi connectivity index (χ0v) is 8.34. The van der Waals surface area contributed by atoms with Crippen LogP contribution >= 0.6 is 0 Å². The summed E-state index contributed by atoms with van der Waals surface area (Å²) in [5.74, 6) is 0. The van der Waals surface area contributed by atoms with Crippen LogP contribution in [0.4, 0.5) is 0 Å². The van der Waals surface area contributed by atoms with Crippen LogP contribution in [0.5, 0.6) is 0 Å². The third kappa shape index (κ3) is 5.33. The van der Waals surface area contributed by atoms with Gasteiger partial charge in [-0.3, -0.25) is 0 Å². The smallest absolute Gasteiger partial charge is 0.0754 e. The van der Waals surface area contributed by atoms with Crippen molar-refractivity contribution >= 4 is 0 Å². The molecule has 2 heteroatoms. The maximum absolute atomic E-state index is 8.67. The molecule has 0 spiro atoms. The molecule has 72 valence electrons. The summed E-state index contributed by atoms with van der Waals surface area (Å²) >= 11 is 0. The highest BCUT2D eigenvalue weighted by molar-refractivity contribution is 5.01. The van der Waals surface area contributed by atoms with Crippen molar-refractivity contribution in [1.29, 1.82) is 0 Å². The Hall–Kier alpha value is -0.340. The van der Waals surface area contributed by atoms with E-state index in [0.29, 0.717) is 0 Å². The first kappa shape index (κ1) is 11.7. The summed E-state index contributed by atoms with van der Waals surface area (Å²) in [4.78, 5) is 0. The van der Waals surface area contributed by atoms with Crippen LogP contribution in [-0.4, -0.2) is 24.9 Å². The van der Waals surface area contributed by atoms with E-state index in [9.17, 15) is 0 Å². The second-order valence-electron chi connectivity index (χ2n) is 3.05. The van der Waals surface area contributed by atoms with E-state index in [1.165, 1.54) is 5.57 Å². The minimum atomic E-state index is 0.224. The summed E-state index contributed by atoms with van der Waals surface area (Å²) in [7, 11) is 1.73. The first-order valence-corrected chi connectivity index (χ1v) is 4.55. The zero-order valence-electron chi connectivity index (χ0n) is 8.34. The Morgan fingerprint density at radius 1 is 1.58 bits per heavy atom. The Morgan fingerprint density at radius 3 is 2.67 bits per heavy atom. The summed E-state index contributed by atoms with van der Waals surface area (Å²) in [6.07, 6.45) is 5.26. The van der Waals surface area contributed by atoms with E-state index in [1.807, 2.05) is 6.92 Å². The van der Waals surface area contributed by atoms with Gasteiger partial charge >= 0.3 is 0 Å². The van der Waals surface area contributed by atoms with Gasteiger partial charge in [0.25, 0.3) is 0 Å². The maximum atomic E-state index is 8.67. The van der Waals surface area contributed by atoms with Crippen molar-refractivity contribution in [3.05, 3.63) is 11.6 Å². The molecule has 0 heterocycles. The molecular formula is C10H20O2. The van der Waals surface area contributed by atoms with Crippen molar-refractivity contribution in [2.75, 3.05) is 13.7 Å². The Labute approximate surface area is 75.2 Å². The first-order chi connectivity index (χ1) is 5.74. The fraction of sp³-hybridized carbons (Fsp3) is 0.800. The van der Waals surface area contributed by atoms with Crippen LogP contribution in [0.2, 0.25) is 0 Å².